The van der Waals surface area contributed by atoms with Gasteiger partial charge < -0.3 is 10.5 Å². The van der Waals surface area contributed by atoms with Gasteiger partial charge >= 0.3 is 5.97 Å². The van der Waals surface area contributed by atoms with Crippen molar-refractivity contribution in [3.63, 3.8) is 0 Å². The lowest BCUT2D eigenvalue weighted by Crippen LogP contribution is -2.13. The second kappa shape index (κ2) is 4.62. The smallest absolute Gasteiger partial charge is 0.312 e. The highest BCUT2D eigenvalue weighted by Gasteiger charge is 2.01. The molecular formula is C10H13NO2. The van der Waals surface area contributed by atoms with Crippen LogP contribution in [-0.4, -0.2) is 12.5 Å². The summed E-state index contributed by atoms with van der Waals surface area (Å²) in [7, 11) is 0. The van der Waals surface area contributed by atoms with Crippen LogP contribution in [0.25, 0.3) is 0 Å². The number of rotatable bonds is 3. The lowest BCUT2D eigenvalue weighted by atomic mass is 10.2. The molecule has 0 unspecified atom stereocenters. The number of aryl methyl sites for hydroxylation is 1. The molecule has 0 atom stereocenters. The van der Waals surface area contributed by atoms with E-state index in [0.717, 1.165) is 5.56 Å². The molecule has 0 aliphatic heterocycles. The molecule has 0 saturated heterocycles. The van der Waals surface area contributed by atoms with Gasteiger partial charge in [0.15, 0.2) is 0 Å². The molecule has 0 saturated carbocycles. The van der Waals surface area contributed by atoms with Crippen LogP contribution >= 0.6 is 0 Å². The Morgan fingerprint density at radius 3 is 2.54 bits per heavy atom. The van der Waals surface area contributed by atoms with Gasteiger partial charge in [-0.3, -0.25) is 4.79 Å². The number of carbonyl (C=O) groups excluding carboxylic acids is 1. The molecule has 2 N–H and O–H groups in total. The Kier molecular flexibility index (Phi) is 3.46. The van der Waals surface area contributed by atoms with E-state index >= 15 is 0 Å². The third-order valence-corrected chi connectivity index (χ3v) is 1.60. The first-order valence-corrected chi connectivity index (χ1v) is 4.20. The average Bonchev–Trinajstić information content (AvgIpc) is 2.09. The van der Waals surface area contributed by atoms with Crippen molar-refractivity contribution in [2.24, 2.45) is 5.73 Å². The van der Waals surface area contributed by atoms with Gasteiger partial charge in [-0.2, -0.15) is 0 Å². The molecule has 3 heteroatoms. The van der Waals surface area contributed by atoms with Gasteiger partial charge in [-0.25, -0.2) is 0 Å². The molecule has 3 nitrogen and oxygen atoms in total. The molecule has 0 radical (unpaired) electrons. The molecule has 0 amide bonds. The SMILES string of the molecule is Cc1ccc(OC(=O)CCN)cc1. The molecular weight excluding hydrogens is 166 g/mol. The van der Waals surface area contributed by atoms with Gasteiger partial charge in [0.25, 0.3) is 0 Å². The molecule has 0 fully saturated rings. The summed E-state index contributed by atoms with van der Waals surface area (Å²) in [4.78, 5) is 11.0. The van der Waals surface area contributed by atoms with Crippen molar-refractivity contribution in [3.8, 4) is 5.75 Å². The molecule has 1 aromatic rings. The first-order valence-electron chi connectivity index (χ1n) is 4.20. The predicted molar refractivity (Wildman–Crippen MR) is 50.5 cm³/mol. The summed E-state index contributed by atoms with van der Waals surface area (Å²) in [5, 5.41) is 0. The maximum atomic E-state index is 11.0. The van der Waals surface area contributed by atoms with Crippen molar-refractivity contribution in [2.75, 3.05) is 6.54 Å². The topological polar surface area (TPSA) is 52.3 Å². The number of carbonyl (C=O) groups is 1. The maximum Gasteiger partial charge on any atom is 0.312 e. The fourth-order valence-corrected chi connectivity index (χ4v) is 0.907. The summed E-state index contributed by atoms with van der Waals surface area (Å²) < 4.78 is 4.99. The second-order valence-electron chi connectivity index (χ2n) is 2.83. The van der Waals surface area contributed by atoms with Crippen molar-refractivity contribution in [1.82, 2.24) is 0 Å². The number of ether oxygens (including phenoxy) is 1. The van der Waals surface area contributed by atoms with E-state index in [1.165, 1.54) is 0 Å². The summed E-state index contributed by atoms with van der Waals surface area (Å²) in [5.41, 5.74) is 6.34. The minimum absolute atomic E-state index is 0.258. The zero-order chi connectivity index (χ0) is 9.68. The Morgan fingerprint density at radius 1 is 1.38 bits per heavy atom. The van der Waals surface area contributed by atoms with Crippen molar-refractivity contribution >= 4 is 5.97 Å². The first kappa shape index (κ1) is 9.74. The highest BCUT2D eigenvalue weighted by molar-refractivity contribution is 5.72. The molecule has 0 heterocycles. The normalized spacial score (nSPS) is 9.69. The third kappa shape index (κ3) is 3.25. The van der Waals surface area contributed by atoms with Gasteiger partial charge in [-0.15, -0.1) is 0 Å². The highest BCUT2D eigenvalue weighted by atomic mass is 16.5. The van der Waals surface area contributed by atoms with E-state index in [-0.39, 0.29) is 12.4 Å². The third-order valence-electron chi connectivity index (χ3n) is 1.60. The molecule has 0 aromatic heterocycles. The fourth-order valence-electron chi connectivity index (χ4n) is 0.907. The lowest BCUT2D eigenvalue weighted by molar-refractivity contribution is -0.134. The predicted octanol–water partition coefficient (Wildman–Crippen LogP) is 1.25. The second-order valence-corrected chi connectivity index (χ2v) is 2.83. The van der Waals surface area contributed by atoms with Gasteiger partial charge in [0, 0.05) is 6.54 Å². The van der Waals surface area contributed by atoms with E-state index < -0.39 is 0 Å². The van der Waals surface area contributed by atoms with Crippen LogP contribution < -0.4 is 10.5 Å². The minimum atomic E-state index is -0.286. The molecule has 13 heavy (non-hydrogen) atoms. The molecule has 0 spiro atoms. The van der Waals surface area contributed by atoms with Crippen LogP contribution in [-0.2, 0) is 4.79 Å². The first-order chi connectivity index (χ1) is 6.22. The number of esters is 1. The van der Waals surface area contributed by atoms with E-state index in [4.69, 9.17) is 10.5 Å². The van der Waals surface area contributed by atoms with Gasteiger partial charge in [0.05, 0.1) is 6.42 Å². The van der Waals surface area contributed by atoms with Crippen molar-refractivity contribution < 1.29 is 9.53 Å². The lowest BCUT2D eigenvalue weighted by Gasteiger charge is -2.02. The Labute approximate surface area is 77.5 Å². The van der Waals surface area contributed by atoms with E-state index in [9.17, 15) is 4.79 Å². The van der Waals surface area contributed by atoms with Gasteiger partial charge in [-0.05, 0) is 19.1 Å². The number of hydrogen-bond donors (Lipinski definition) is 1. The van der Waals surface area contributed by atoms with E-state index in [1.54, 1.807) is 12.1 Å². The zero-order valence-corrected chi connectivity index (χ0v) is 7.62. The monoisotopic (exact) mass is 179 g/mol. The zero-order valence-electron chi connectivity index (χ0n) is 7.62. The van der Waals surface area contributed by atoms with Crippen molar-refractivity contribution in [2.45, 2.75) is 13.3 Å². The number of hydrogen-bond acceptors (Lipinski definition) is 3. The van der Waals surface area contributed by atoms with E-state index in [2.05, 4.69) is 0 Å². The maximum absolute atomic E-state index is 11.0. The fraction of sp³-hybridized carbons (Fsp3) is 0.300. The number of nitrogens with two attached hydrogens (primary N) is 1. The minimum Gasteiger partial charge on any atom is -0.426 e. The Hall–Kier alpha value is -1.35. The Bertz CT molecular complexity index is 279. The molecule has 0 bridgehead atoms. The summed E-state index contributed by atoms with van der Waals surface area (Å²) >= 11 is 0. The van der Waals surface area contributed by atoms with Crippen molar-refractivity contribution in [1.29, 1.82) is 0 Å². The molecule has 0 aliphatic rings. The highest BCUT2D eigenvalue weighted by Crippen LogP contribution is 2.11. The van der Waals surface area contributed by atoms with Crippen LogP contribution in [0.4, 0.5) is 0 Å². The molecule has 70 valence electrons. The summed E-state index contributed by atoms with van der Waals surface area (Å²) in [6.45, 7) is 2.30. The average molecular weight is 179 g/mol. The van der Waals surface area contributed by atoms with Gasteiger partial charge in [-0.1, -0.05) is 17.7 Å². The van der Waals surface area contributed by atoms with Crippen LogP contribution in [0.3, 0.4) is 0 Å². The Morgan fingerprint density at radius 2 is 2.00 bits per heavy atom. The standard InChI is InChI=1S/C10H13NO2/c1-8-2-4-9(5-3-8)13-10(12)6-7-11/h2-5H,6-7,11H2,1H3. The molecule has 1 aromatic carbocycles. The summed E-state index contributed by atoms with van der Waals surface area (Å²) in [5.74, 6) is 0.287. The van der Waals surface area contributed by atoms with Crippen LogP contribution in [0.5, 0.6) is 5.75 Å². The summed E-state index contributed by atoms with van der Waals surface area (Å²) in [6.07, 6.45) is 0.258. The quantitative estimate of drug-likeness (QED) is 0.561. The van der Waals surface area contributed by atoms with E-state index in [1.807, 2.05) is 19.1 Å². The largest absolute Gasteiger partial charge is 0.426 e. The number of benzene rings is 1. The van der Waals surface area contributed by atoms with Crippen LogP contribution in [0.15, 0.2) is 24.3 Å². The van der Waals surface area contributed by atoms with Crippen molar-refractivity contribution in [3.05, 3.63) is 29.8 Å². The van der Waals surface area contributed by atoms with Crippen LogP contribution in [0.1, 0.15) is 12.0 Å². The van der Waals surface area contributed by atoms with Crippen LogP contribution in [0.2, 0.25) is 0 Å². The van der Waals surface area contributed by atoms with Crippen LogP contribution in [0, 0.1) is 6.92 Å². The summed E-state index contributed by atoms with van der Waals surface area (Å²) in [6, 6.07) is 7.32. The molecule has 0 aliphatic carbocycles. The van der Waals surface area contributed by atoms with Gasteiger partial charge in [0.1, 0.15) is 5.75 Å². The van der Waals surface area contributed by atoms with Gasteiger partial charge in [0.2, 0.25) is 0 Å². The van der Waals surface area contributed by atoms with E-state index in [0.29, 0.717) is 12.3 Å². The Balaban J connectivity index is 2.54. The molecule has 1 rings (SSSR count).